The minimum Gasteiger partial charge on any atom is -0.323 e. The Morgan fingerprint density at radius 1 is 1.38 bits per heavy atom. The van der Waals surface area contributed by atoms with Gasteiger partial charge in [-0.2, -0.15) is 0 Å². The highest BCUT2D eigenvalue weighted by molar-refractivity contribution is 5.85. The first kappa shape index (κ1) is 11.9. The highest BCUT2D eigenvalue weighted by Gasteiger charge is 2.47. The summed E-state index contributed by atoms with van der Waals surface area (Å²) in [6, 6.07) is 0.583. The van der Waals surface area contributed by atoms with Gasteiger partial charge in [-0.25, -0.2) is 0 Å². The van der Waals surface area contributed by atoms with Crippen molar-refractivity contribution in [3.8, 4) is 0 Å². The van der Waals surface area contributed by atoms with Crippen LogP contribution in [-0.2, 0) is 4.79 Å². The molecule has 3 heteroatoms. The van der Waals surface area contributed by atoms with Gasteiger partial charge in [0.05, 0.1) is 12.2 Å². The standard InChI is InChI=1S/C13H24N2O/c1-5-9(4)11-13(16)15(10-6-7-10)12(14-11)8(2)3/h8-12,14H,5-7H2,1-4H3. The van der Waals surface area contributed by atoms with E-state index < -0.39 is 0 Å². The molecule has 0 aromatic heterocycles. The van der Waals surface area contributed by atoms with Crippen LogP contribution >= 0.6 is 0 Å². The lowest BCUT2D eigenvalue weighted by molar-refractivity contribution is -0.131. The number of hydrogen-bond donors (Lipinski definition) is 1. The summed E-state index contributed by atoms with van der Waals surface area (Å²) in [5, 5.41) is 3.54. The topological polar surface area (TPSA) is 32.3 Å². The molecule has 1 heterocycles. The van der Waals surface area contributed by atoms with Crippen molar-refractivity contribution in [1.82, 2.24) is 10.2 Å². The van der Waals surface area contributed by atoms with E-state index in [-0.39, 0.29) is 12.2 Å². The molecule has 0 radical (unpaired) electrons. The van der Waals surface area contributed by atoms with Crippen molar-refractivity contribution < 1.29 is 4.79 Å². The predicted molar refractivity (Wildman–Crippen MR) is 64.9 cm³/mol. The molecule has 16 heavy (non-hydrogen) atoms. The van der Waals surface area contributed by atoms with Gasteiger partial charge in [-0.1, -0.05) is 34.1 Å². The van der Waals surface area contributed by atoms with Crippen LogP contribution in [0.1, 0.15) is 47.0 Å². The fraction of sp³-hybridized carbons (Fsp3) is 0.923. The summed E-state index contributed by atoms with van der Waals surface area (Å²) in [5.41, 5.74) is 0. The summed E-state index contributed by atoms with van der Waals surface area (Å²) in [5.74, 6) is 1.28. The Morgan fingerprint density at radius 3 is 2.44 bits per heavy atom. The lowest BCUT2D eigenvalue weighted by atomic mass is 9.99. The summed E-state index contributed by atoms with van der Waals surface area (Å²) in [4.78, 5) is 14.5. The molecule has 0 aromatic carbocycles. The van der Waals surface area contributed by atoms with Crippen LogP contribution in [0.25, 0.3) is 0 Å². The van der Waals surface area contributed by atoms with Crippen LogP contribution in [0.5, 0.6) is 0 Å². The number of nitrogens with zero attached hydrogens (tertiary/aromatic N) is 1. The zero-order valence-electron chi connectivity index (χ0n) is 10.9. The van der Waals surface area contributed by atoms with Gasteiger partial charge in [-0.15, -0.1) is 0 Å². The Labute approximate surface area is 98.6 Å². The number of carbonyl (C=O) groups excluding carboxylic acids is 1. The van der Waals surface area contributed by atoms with Crippen molar-refractivity contribution in [2.24, 2.45) is 11.8 Å². The normalized spacial score (nSPS) is 32.6. The van der Waals surface area contributed by atoms with E-state index in [1.165, 1.54) is 12.8 Å². The molecule has 1 aliphatic heterocycles. The first-order valence-electron chi connectivity index (χ1n) is 6.64. The summed E-state index contributed by atoms with van der Waals surface area (Å²) in [6.45, 7) is 8.71. The quantitative estimate of drug-likeness (QED) is 0.792. The smallest absolute Gasteiger partial charge is 0.241 e. The van der Waals surface area contributed by atoms with Gasteiger partial charge < -0.3 is 4.90 Å². The molecule has 0 aromatic rings. The lowest BCUT2D eigenvalue weighted by Gasteiger charge is -2.27. The lowest BCUT2D eigenvalue weighted by Crippen LogP contribution is -2.42. The first-order chi connectivity index (χ1) is 7.56. The SMILES string of the molecule is CCC(C)C1NC(C(C)C)N(C2CC2)C1=O. The Hall–Kier alpha value is -0.570. The fourth-order valence-electron chi connectivity index (χ4n) is 2.55. The number of rotatable bonds is 4. The van der Waals surface area contributed by atoms with Gasteiger partial charge in [0.25, 0.3) is 0 Å². The molecule has 3 nitrogen and oxygen atoms in total. The van der Waals surface area contributed by atoms with Crippen molar-refractivity contribution in [2.75, 3.05) is 0 Å². The molecule has 1 N–H and O–H groups in total. The van der Waals surface area contributed by atoms with E-state index in [4.69, 9.17) is 0 Å². The van der Waals surface area contributed by atoms with E-state index in [1.54, 1.807) is 0 Å². The molecule has 92 valence electrons. The van der Waals surface area contributed by atoms with E-state index in [2.05, 4.69) is 37.9 Å². The molecule has 1 saturated carbocycles. The number of amides is 1. The highest BCUT2D eigenvalue weighted by Crippen LogP contribution is 2.34. The molecule has 2 aliphatic rings. The molecule has 3 atom stereocenters. The van der Waals surface area contributed by atoms with Gasteiger partial charge in [-0.3, -0.25) is 10.1 Å². The number of hydrogen-bond acceptors (Lipinski definition) is 2. The zero-order valence-corrected chi connectivity index (χ0v) is 10.9. The maximum atomic E-state index is 12.4. The Balaban J connectivity index is 2.13. The molecule has 1 amide bonds. The fourth-order valence-corrected chi connectivity index (χ4v) is 2.55. The molecular weight excluding hydrogens is 200 g/mol. The minimum absolute atomic E-state index is 0.0537. The summed E-state index contributed by atoms with van der Waals surface area (Å²) < 4.78 is 0. The molecule has 3 unspecified atom stereocenters. The van der Waals surface area contributed by atoms with E-state index in [0.717, 1.165) is 6.42 Å². The van der Waals surface area contributed by atoms with Crippen molar-refractivity contribution >= 4 is 5.91 Å². The molecule has 2 fully saturated rings. The van der Waals surface area contributed by atoms with Crippen molar-refractivity contribution in [2.45, 2.75) is 65.2 Å². The molecular formula is C13H24N2O. The van der Waals surface area contributed by atoms with Crippen LogP contribution in [0.15, 0.2) is 0 Å². The van der Waals surface area contributed by atoms with Crippen LogP contribution in [0.4, 0.5) is 0 Å². The van der Waals surface area contributed by atoms with E-state index >= 15 is 0 Å². The van der Waals surface area contributed by atoms with Gasteiger partial charge in [0.2, 0.25) is 5.91 Å². The van der Waals surface area contributed by atoms with Crippen LogP contribution in [0, 0.1) is 11.8 Å². The zero-order chi connectivity index (χ0) is 11.9. The van der Waals surface area contributed by atoms with E-state index in [9.17, 15) is 4.79 Å². The Kier molecular flexibility index (Phi) is 3.24. The highest BCUT2D eigenvalue weighted by atomic mass is 16.2. The summed E-state index contributed by atoms with van der Waals surface area (Å²) >= 11 is 0. The van der Waals surface area contributed by atoms with Gasteiger partial charge in [0.1, 0.15) is 0 Å². The molecule has 1 saturated heterocycles. The van der Waals surface area contributed by atoms with Crippen LogP contribution in [0.2, 0.25) is 0 Å². The second-order valence-corrected chi connectivity index (χ2v) is 5.70. The third kappa shape index (κ3) is 1.97. The Morgan fingerprint density at radius 2 is 2.00 bits per heavy atom. The number of nitrogens with one attached hydrogen (secondary N) is 1. The maximum Gasteiger partial charge on any atom is 0.241 e. The monoisotopic (exact) mass is 224 g/mol. The molecule has 0 spiro atoms. The van der Waals surface area contributed by atoms with Crippen LogP contribution in [0.3, 0.4) is 0 Å². The second-order valence-electron chi connectivity index (χ2n) is 5.70. The van der Waals surface area contributed by atoms with E-state index in [0.29, 0.717) is 23.8 Å². The van der Waals surface area contributed by atoms with Gasteiger partial charge in [-0.05, 0) is 24.7 Å². The number of carbonyl (C=O) groups is 1. The van der Waals surface area contributed by atoms with Crippen molar-refractivity contribution in [1.29, 1.82) is 0 Å². The largest absolute Gasteiger partial charge is 0.323 e. The van der Waals surface area contributed by atoms with Gasteiger partial charge >= 0.3 is 0 Å². The summed E-state index contributed by atoms with van der Waals surface area (Å²) in [6.07, 6.45) is 3.72. The second kappa shape index (κ2) is 4.36. The van der Waals surface area contributed by atoms with Crippen LogP contribution in [-0.4, -0.2) is 29.1 Å². The van der Waals surface area contributed by atoms with Gasteiger partial charge in [0, 0.05) is 6.04 Å². The van der Waals surface area contributed by atoms with E-state index in [1.807, 2.05) is 0 Å². The summed E-state index contributed by atoms with van der Waals surface area (Å²) in [7, 11) is 0. The average Bonchev–Trinajstić information content (AvgIpc) is 3.01. The van der Waals surface area contributed by atoms with Crippen molar-refractivity contribution in [3.05, 3.63) is 0 Å². The average molecular weight is 224 g/mol. The molecule has 1 aliphatic carbocycles. The van der Waals surface area contributed by atoms with Gasteiger partial charge in [0.15, 0.2) is 0 Å². The third-order valence-corrected chi connectivity index (χ3v) is 3.96. The van der Waals surface area contributed by atoms with Crippen molar-refractivity contribution in [3.63, 3.8) is 0 Å². The maximum absolute atomic E-state index is 12.4. The molecule has 0 bridgehead atoms. The third-order valence-electron chi connectivity index (χ3n) is 3.96. The minimum atomic E-state index is 0.0537. The molecule has 2 rings (SSSR count). The predicted octanol–water partition coefficient (Wildman–Crippen LogP) is 1.98. The first-order valence-corrected chi connectivity index (χ1v) is 6.64. The Bertz CT molecular complexity index is 273. The van der Waals surface area contributed by atoms with Crippen LogP contribution < -0.4 is 5.32 Å².